The maximum Gasteiger partial charge on any atom is 0.337 e. The molecule has 0 aliphatic heterocycles. The maximum absolute atomic E-state index is 12.2. The third-order valence-electron chi connectivity index (χ3n) is 5.43. The average molecular weight is 514 g/mol. The Morgan fingerprint density at radius 3 is 2.11 bits per heavy atom. The molecule has 37 heavy (non-hydrogen) atoms. The summed E-state index contributed by atoms with van der Waals surface area (Å²) in [4.78, 5) is 12.2. The van der Waals surface area contributed by atoms with E-state index in [1.54, 1.807) is 12.1 Å². The normalized spacial score (nSPS) is 10.5. The van der Waals surface area contributed by atoms with Crippen LogP contribution in [0, 0.1) is 0 Å². The van der Waals surface area contributed by atoms with Crippen molar-refractivity contribution in [1.82, 2.24) is 0 Å². The number of aromatic carboxylic acids is 1. The fraction of sp³-hybridized carbons (Fsp3) is 0.296. The van der Waals surface area contributed by atoms with Gasteiger partial charge in [0.15, 0.2) is 23.0 Å². The van der Waals surface area contributed by atoms with Crippen molar-refractivity contribution in [1.29, 1.82) is 0 Å². The van der Waals surface area contributed by atoms with Crippen molar-refractivity contribution in [3.63, 3.8) is 0 Å². The van der Waals surface area contributed by atoms with Crippen LogP contribution >= 0.6 is 0 Å². The lowest BCUT2D eigenvalue weighted by Gasteiger charge is -2.22. The Kier molecular flexibility index (Phi) is 9.82. The van der Waals surface area contributed by atoms with Gasteiger partial charge in [-0.2, -0.15) is 0 Å². The van der Waals surface area contributed by atoms with Crippen LogP contribution in [0.3, 0.4) is 0 Å². The van der Waals surface area contributed by atoms with Crippen LogP contribution in [0.4, 0.5) is 11.4 Å². The molecule has 0 aromatic heterocycles. The molecule has 10 heteroatoms. The lowest BCUT2D eigenvalue weighted by Crippen LogP contribution is -2.10. The minimum Gasteiger partial charge on any atom is -0.493 e. The van der Waals surface area contributed by atoms with E-state index in [4.69, 9.17) is 33.2 Å². The van der Waals surface area contributed by atoms with E-state index in [0.717, 1.165) is 5.56 Å². The quantitative estimate of drug-likeness (QED) is 0.229. The van der Waals surface area contributed by atoms with Crippen molar-refractivity contribution in [3.8, 4) is 28.7 Å². The van der Waals surface area contributed by atoms with Crippen LogP contribution in [0.2, 0.25) is 0 Å². The largest absolute Gasteiger partial charge is 0.493 e. The number of carboxylic acid groups (broad SMARTS) is 1. The first-order valence-corrected chi connectivity index (χ1v) is 11.3. The summed E-state index contributed by atoms with van der Waals surface area (Å²) >= 11 is 0. The van der Waals surface area contributed by atoms with Gasteiger partial charge in [-0.1, -0.05) is 30.3 Å². The smallest absolute Gasteiger partial charge is 0.337 e. The zero-order valence-electron chi connectivity index (χ0n) is 21.5. The van der Waals surface area contributed by atoms with E-state index >= 15 is 0 Å². The summed E-state index contributed by atoms with van der Waals surface area (Å²) in [6.07, 6.45) is 0. The molecule has 3 rings (SSSR count). The highest BCUT2D eigenvalue weighted by atomic mass is 16.7. The Hall–Kier alpha value is -4.15. The van der Waals surface area contributed by atoms with Crippen LogP contribution in [-0.2, 0) is 22.7 Å². The number of methoxy groups -OCH3 is 5. The van der Waals surface area contributed by atoms with Crippen molar-refractivity contribution in [2.75, 3.05) is 47.7 Å². The minimum absolute atomic E-state index is 0.0265. The molecule has 0 unspecified atom stereocenters. The number of hydrogen-bond donors (Lipinski definition) is 2. The molecule has 0 heterocycles. The maximum atomic E-state index is 12.2. The number of benzene rings is 3. The first kappa shape index (κ1) is 27.4. The molecule has 0 fully saturated rings. The molecule has 0 saturated carbocycles. The highest BCUT2D eigenvalue weighted by Gasteiger charge is 2.25. The summed E-state index contributed by atoms with van der Waals surface area (Å²) in [5.74, 6) is 0.506. The Labute approximate surface area is 215 Å². The molecule has 0 spiro atoms. The van der Waals surface area contributed by atoms with Crippen LogP contribution in [-0.4, -0.2) is 53.4 Å². The fourth-order valence-electron chi connectivity index (χ4n) is 3.75. The predicted octanol–water partition coefficient (Wildman–Crippen LogP) is 4.86. The summed E-state index contributed by atoms with van der Waals surface area (Å²) in [6.45, 7) is 0.363. The van der Waals surface area contributed by atoms with Gasteiger partial charge in [0, 0.05) is 18.7 Å². The molecule has 0 aliphatic carbocycles. The van der Waals surface area contributed by atoms with E-state index in [1.165, 1.54) is 41.6 Å². The van der Waals surface area contributed by atoms with Gasteiger partial charge in [-0.05, 0) is 17.7 Å². The van der Waals surface area contributed by atoms with E-state index in [9.17, 15) is 9.90 Å². The van der Waals surface area contributed by atoms with Crippen LogP contribution in [0.15, 0.2) is 48.5 Å². The molecule has 10 nitrogen and oxygen atoms in total. The monoisotopic (exact) mass is 513 g/mol. The Morgan fingerprint density at radius 2 is 1.51 bits per heavy atom. The van der Waals surface area contributed by atoms with Gasteiger partial charge in [0.25, 0.3) is 0 Å². The molecule has 2 N–H and O–H groups in total. The van der Waals surface area contributed by atoms with Gasteiger partial charge in [0.1, 0.15) is 13.4 Å². The van der Waals surface area contributed by atoms with Crippen molar-refractivity contribution < 1.29 is 43.1 Å². The van der Waals surface area contributed by atoms with Gasteiger partial charge >= 0.3 is 5.97 Å². The van der Waals surface area contributed by atoms with Gasteiger partial charge in [-0.15, -0.1) is 0 Å². The number of carboxylic acids is 1. The van der Waals surface area contributed by atoms with Crippen LogP contribution in [0.5, 0.6) is 28.7 Å². The Bertz CT molecular complexity index is 1200. The summed E-state index contributed by atoms with van der Waals surface area (Å²) in [7, 11) is 7.42. The number of carbonyl (C=O) groups is 1. The van der Waals surface area contributed by atoms with Gasteiger partial charge < -0.3 is 43.6 Å². The Morgan fingerprint density at radius 1 is 0.811 bits per heavy atom. The van der Waals surface area contributed by atoms with Crippen LogP contribution in [0.1, 0.15) is 21.5 Å². The SMILES string of the molecule is COCOCc1c(Nc2c(C(=O)O)ccc(OCc3ccccc3)c2OC)cc(OC)c(OC)c1OC. The van der Waals surface area contributed by atoms with Gasteiger partial charge in [-0.25, -0.2) is 4.79 Å². The number of hydrogen-bond acceptors (Lipinski definition) is 9. The van der Waals surface area contributed by atoms with Crippen molar-refractivity contribution >= 4 is 17.3 Å². The zero-order valence-corrected chi connectivity index (χ0v) is 21.5. The molecular weight excluding hydrogens is 482 g/mol. The number of ether oxygens (including phenoxy) is 7. The zero-order chi connectivity index (χ0) is 26.8. The molecule has 0 aliphatic rings. The number of rotatable bonds is 14. The Balaban J connectivity index is 2.13. The first-order valence-electron chi connectivity index (χ1n) is 11.3. The molecule has 3 aromatic rings. The van der Waals surface area contributed by atoms with E-state index in [0.29, 0.717) is 34.2 Å². The molecule has 0 bridgehead atoms. The summed E-state index contributed by atoms with van der Waals surface area (Å²) in [6, 6.07) is 14.3. The second-order valence-electron chi connectivity index (χ2n) is 7.65. The van der Waals surface area contributed by atoms with E-state index in [-0.39, 0.29) is 37.0 Å². The van der Waals surface area contributed by atoms with Crippen LogP contribution < -0.4 is 29.0 Å². The second kappa shape index (κ2) is 13.2. The van der Waals surface area contributed by atoms with E-state index in [1.807, 2.05) is 30.3 Å². The van der Waals surface area contributed by atoms with E-state index in [2.05, 4.69) is 5.32 Å². The molecule has 0 saturated heterocycles. The molecule has 3 aromatic carbocycles. The first-order chi connectivity index (χ1) is 18.0. The fourth-order valence-corrected chi connectivity index (χ4v) is 3.75. The van der Waals surface area contributed by atoms with Gasteiger partial charge in [0.05, 0.1) is 52.0 Å². The topological polar surface area (TPSA) is 114 Å². The second-order valence-corrected chi connectivity index (χ2v) is 7.65. The standard InChI is InChI=1S/C27H31NO9/c1-31-16-36-15-19-20(13-22(32-2)26(35-5)24(19)33-3)28-23-18(27(29)30)11-12-21(25(23)34-4)37-14-17-9-7-6-8-10-17/h6-13,28H,14-16H2,1-5H3,(H,29,30). The summed E-state index contributed by atoms with van der Waals surface area (Å²) in [5, 5.41) is 13.1. The van der Waals surface area contributed by atoms with Gasteiger partial charge in [0.2, 0.25) is 5.75 Å². The van der Waals surface area contributed by atoms with Crippen molar-refractivity contribution in [2.24, 2.45) is 0 Å². The average Bonchev–Trinajstić information content (AvgIpc) is 2.92. The minimum atomic E-state index is -1.15. The molecular formula is C27H31NO9. The third-order valence-corrected chi connectivity index (χ3v) is 5.43. The molecule has 0 atom stereocenters. The number of nitrogens with one attached hydrogen (secondary N) is 1. The molecule has 198 valence electrons. The van der Waals surface area contributed by atoms with E-state index < -0.39 is 5.97 Å². The third kappa shape index (κ3) is 6.35. The summed E-state index contributed by atoms with van der Waals surface area (Å²) in [5.41, 5.74) is 2.10. The predicted molar refractivity (Wildman–Crippen MR) is 137 cm³/mol. The van der Waals surface area contributed by atoms with Gasteiger partial charge in [-0.3, -0.25) is 0 Å². The molecule has 0 amide bonds. The number of anilines is 2. The molecule has 0 radical (unpaired) electrons. The highest BCUT2D eigenvalue weighted by molar-refractivity contribution is 5.98. The summed E-state index contributed by atoms with van der Waals surface area (Å²) < 4.78 is 38.9. The highest BCUT2D eigenvalue weighted by Crippen LogP contribution is 2.47. The van der Waals surface area contributed by atoms with Crippen LogP contribution in [0.25, 0.3) is 0 Å². The van der Waals surface area contributed by atoms with Crippen molar-refractivity contribution in [3.05, 3.63) is 65.2 Å². The lowest BCUT2D eigenvalue weighted by molar-refractivity contribution is -0.0393. The van der Waals surface area contributed by atoms with Crippen molar-refractivity contribution in [2.45, 2.75) is 13.2 Å². The lowest BCUT2D eigenvalue weighted by atomic mass is 10.1.